The number of carbonyl (C=O) groups excluding carboxylic acids is 1. The van der Waals surface area contributed by atoms with Gasteiger partial charge in [-0.15, -0.1) is 0 Å². The van der Waals surface area contributed by atoms with Crippen LogP contribution in [-0.4, -0.2) is 18.9 Å². The summed E-state index contributed by atoms with van der Waals surface area (Å²) in [6, 6.07) is 10.6. The van der Waals surface area contributed by atoms with E-state index in [1.54, 1.807) is 8.46 Å². The number of Topliss-reactive ketones (excluding diaryl/α,β-unsaturated/α-hetero) is 1. The van der Waals surface area contributed by atoms with Crippen LogP contribution in [0.25, 0.3) is 0 Å². The van der Waals surface area contributed by atoms with Gasteiger partial charge < -0.3 is 4.90 Å². The van der Waals surface area contributed by atoms with E-state index in [1.165, 1.54) is 36.4 Å². The number of alkyl halides is 3. The van der Waals surface area contributed by atoms with Gasteiger partial charge in [-0.05, 0) is 61.4 Å². The summed E-state index contributed by atoms with van der Waals surface area (Å²) in [5, 5.41) is 0. The van der Waals surface area contributed by atoms with E-state index < -0.39 is 11.7 Å². The Morgan fingerprint density at radius 3 is 1.93 bits per heavy atom. The normalized spacial score (nSPS) is 15.1. The number of hydrogen-bond donors (Lipinski definition) is 0. The first kappa shape index (κ1) is 23.9. The van der Waals surface area contributed by atoms with E-state index in [2.05, 4.69) is 40.7 Å². The summed E-state index contributed by atoms with van der Waals surface area (Å²) >= 11 is 4.36. The third kappa shape index (κ3) is 6.84. The van der Waals surface area contributed by atoms with Crippen molar-refractivity contribution in [2.75, 3.05) is 18.0 Å². The molecule has 157 valence electrons. The van der Waals surface area contributed by atoms with E-state index >= 15 is 0 Å². The van der Waals surface area contributed by atoms with Crippen LogP contribution < -0.4 is 4.90 Å². The molecule has 9 heteroatoms. The number of anilines is 1. The minimum atomic E-state index is -4.34. The van der Waals surface area contributed by atoms with Crippen LogP contribution in [0.4, 0.5) is 23.2 Å². The number of piperidine rings is 1. The molecule has 0 spiro atoms. The maximum absolute atomic E-state index is 12.9. The van der Waals surface area contributed by atoms with Gasteiger partial charge in [0.15, 0.2) is 5.78 Å². The molecule has 2 nitrogen and oxygen atoms in total. The first-order chi connectivity index (χ1) is 13.3. The molecule has 2 aromatic rings. The topological polar surface area (TPSA) is 20.3 Å². The standard InChI is InChI=1S/C19H17F4NO.Cu.2HI/c20-16-5-1-13(2-6-16)18(25)14-9-11-24(12-10-14)17-7-3-15(4-8-17)19(21,22)23;;;/h1-8,14H,9-12H2;;2*1H/q;+2;;/p-2. The summed E-state index contributed by atoms with van der Waals surface area (Å²) in [5.74, 6) is -0.531. The third-order valence-corrected chi connectivity index (χ3v) is 4.55. The van der Waals surface area contributed by atoms with Crippen molar-refractivity contribution in [2.24, 2.45) is 5.92 Å². The first-order valence-electron chi connectivity index (χ1n) is 8.29. The predicted octanol–water partition coefficient (Wildman–Crippen LogP) is 6.71. The van der Waals surface area contributed by atoms with Crippen molar-refractivity contribution in [1.29, 1.82) is 0 Å². The van der Waals surface area contributed by atoms with Gasteiger partial charge in [-0.2, -0.15) is 13.2 Å². The Hall–Kier alpha value is -0.391. The summed E-state index contributed by atoms with van der Waals surface area (Å²) in [5.41, 5.74) is 0.549. The Morgan fingerprint density at radius 1 is 0.964 bits per heavy atom. The Balaban J connectivity index is 0.000000878. The molecule has 0 saturated carbocycles. The van der Waals surface area contributed by atoms with Crippen LogP contribution >= 0.6 is 40.7 Å². The van der Waals surface area contributed by atoms with Gasteiger partial charge in [-0.25, -0.2) is 4.39 Å². The summed E-state index contributed by atoms with van der Waals surface area (Å²) in [6.45, 7) is 1.20. The van der Waals surface area contributed by atoms with Gasteiger partial charge in [0.2, 0.25) is 0 Å². The minimum absolute atomic E-state index is 0.00734. The number of hydrogen-bond acceptors (Lipinski definition) is 2. The molecule has 0 N–H and O–H groups in total. The van der Waals surface area contributed by atoms with Gasteiger partial charge in [-0.1, -0.05) is 0 Å². The Labute approximate surface area is 190 Å². The number of carbonyl (C=O) groups is 1. The molecule has 0 unspecified atom stereocenters. The molecule has 0 amide bonds. The Kier molecular flexibility index (Phi) is 9.49. The molecule has 28 heavy (non-hydrogen) atoms. The second-order valence-corrected chi connectivity index (χ2v) is 14.2. The first-order valence-corrected chi connectivity index (χ1v) is 14.4. The van der Waals surface area contributed by atoms with Gasteiger partial charge in [0.05, 0.1) is 5.56 Å². The van der Waals surface area contributed by atoms with E-state index in [0.717, 1.165) is 17.8 Å². The molecule has 0 aliphatic carbocycles. The molecule has 0 radical (unpaired) electrons. The summed E-state index contributed by atoms with van der Waals surface area (Å²) in [6.07, 6.45) is -3.10. The number of benzene rings is 2. The van der Waals surface area contributed by atoms with E-state index in [0.29, 0.717) is 31.5 Å². The second-order valence-electron chi connectivity index (χ2n) is 6.22. The van der Waals surface area contributed by atoms with Crippen LogP contribution in [0.3, 0.4) is 0 Å². The van der Waals surface area contributed by atoms with E-state index in [1.807, 2.05) is 4.90 Å². The zero-order chi connectivity index (χ0) is 20.7. The molecule has 3 rings (SSSR count). The zero-order valence-electron chi connectivity index (χ0n) is 14.4. The predicted molar refractivity (Wildman–Crippen MR) is 115 cm³/mol. The van der Waals surface area contributed by atoms with Crippen molar-refractivity contribution in [3.05, 3.63) is 65.5 Å². The Morgan fingerprint density at radius 2 is 1.46 bits per heavy atom. The van der Waals surface area contributed by atoms with Crippen LogP contribution in [0.2, 0.25) is 0 Å². The van der Waals surface area contributed by atoms with Gasteiger partial charge >= 0.3 is 55.3 Å². The average molecular weight is 669 g/mol. The fourth-order valence-corrected chi connectivity index (χ4v) is 3.11. The quantitative estimate of drug-likeness (QED) is 0.157. The molecule has 1 heterocycles. The molecular weight excluding hydrogens is 652 g/mol. The van der Waals surface area contributed by atoms with E-state index in [4.69, 9.17) is 0 Å². The Bertz CT molecular complexity index is 761. The van der Waals surface area contributed by atoms with Crippen molar-refractivity contribution in [3.8, 4) is 0 Å². The van der Waals surface area contributed by atoms with Crippen molar-refractivity contribution in [3.63, 3.8) is 0 Å². The second kappa shape index (κ2) is 11.1. The fourth-order valence-electron chi connectivity index (χ4n) is 3.11. The molecule has 1 aliphatic heterocycles. The van der Waals surface area contributed by atoms with Crippen LogP contribution in [-0.2, 0) is 14.6 Å². The summed E-state index contributed by atoms with van der Waals surface area (Å²) in [7, 11) is 1.75. The van der Waals surface area contributed by atoms with Gasteiger partial charge in [0.1, 0.15) is 5.82 Å². The van der Waals surface area contributed by atoms with Crippen LogP contribution in [0.5, 0.6) is 0 Å². The van der Waals surface area contributed by atoms with Crippen LogP contribution in [0.1, 0.15) is 28.8 Å². The monoisotopic (exact) mass is 668 g/mol. The maximum atomic E-state index is 12.9. The zero-order valence-corrected chi connectivity index (χ0v) is 19.7. The summed E-state index contributed by atoms with van der Waals surface area (Å²) in [4.78, 5) is 14.4. The van der Waals surface area contributed by atoms with Crippen LogP contribution in [0, 0.1) is 11.7 Å². The van der Waals surface area contributed by atoms with Gasteiger partial charge in [-0.3, -0.25) is 4.79 Å². The molecule has 1 aliphatic rings. The summed E-state index contributed by atoms with van der Waals surface area (Å²) < 4.78 is 50.8. The van der Waals surface area contributed by atoms with Crippen LogP contribution in [0.15, 0.2) is 48.5 Å². The third-order valence-electron chi connectivity index (χ3n) is 4.55. The number of rotatable bonds is 3. The average Bonchev–Trinajstić information content (AvgIpc) is 2.68. The van der Waals surface area contributed by atoms with E-state index in [9.17, 15) is 22.4 Å². The van der Waals surface area contributed by atoms with Gasteiger partial charge in [0.25, 0.3) is 0 Å². The van der Waals surface area contributed by atoms with Crippen molar-refractivity contribution in [1.82, 2.24) is 0 Å². The van der Waals surface area contributed by atoms with Gasteiger partial charge in [0, 0.05) is 30.3 Å². The molecule has 2 aromatic carbocycles. The van der Waals surface area contributed by atoms with Crippen molar-refractivity contribution >= 4 is 52.2 Å². The molecule has 1 fully saturated rings. The van der Waals surface area contributed by atoms with E-state index in [-0.39, 0.29) is 17.5 Å². The molecular formula is C19H17CuF4I2NO. The molecule has 0 atom stereocenters. The number of ketones is 1. The number of halogens is 6. The molecule has 0 aromatic heterocycles. The fraction of sp³-hybridized carbons (Fsp3) is 0.316. The molecule has 0 bridgehead atoms. The SMILES string of the molecule is O=C(c1ccc(F)cc1)C1CCN(c2ccc(C(F)(F)F)cc2)CC1.[I][Cu][I]. The number of nitrogens with zero attached hydrogens (tertiary/aromatic N) is 1. The van der Waals surface area contributed by atoms with Crippen molar-refractivity contribution < 1.29 is 30.8 Å². The van der Waals surface area contributed by atoms with Crippen molar-refractivity contribution in [2.45, 2.75) is 19.0 Å². The molecule has 1 saturated heterocycles.